The molecule has 1 atom stereocenters. The van der Waals surface area contributed by atoms with Crippen LogP contribution in [0.3, 0.4) is 0 Å². The molecule has 4 heteroatoms. The second-order valence-electron chi connectivity index (χ2n) is 3.08. The van der Waals surface area contributed by atoms with Crippen molar-refractivity contribution in [1.82, 2.24) is 0 Å². The average Bonchev–Trinajstić information content (AvgIpc) is 2.36. The number of carbonyl (C=O) groups is 1. The SMILES string of the molecule is Cc1csc(NC(C)C(=O)O)c1C. The van der Waals surface area contributed by atoms with E-state index < -0.39 is 12.0 Å². The van der Waals surface area contributed by atoms with Gasteiger partial charge in [-0.25, -0.2) is 0 Å². The highest BCUT2D eigenvalue weighted by molar-refractivity contribution is 7.14. The quantitative estimate of drug-likeness (QED) is 0.785. The number of carboxylic acid groups (broad SMARTS) is 1. The van der Waals surface area contributed by atoms with Crippen LogP contribution in [0.5, 0.6) is 0 Å². The summed E-state index contributed by atoms with van der Waals surface area (Å²) in [5.41, 5.74) is 2.34. The van der Waals surface area contributed by atoms with Crippen LogP contribution in [0, 0.1) is 13.8 Å². The Balaban J connectivity index is 2.74. The van der Waals surface area contributed by atoms with Gasteiger partial charge in [-0.3, -0.25) is 4.79 Å². The summed E-state index contributed by atoms with van der Waals surface area (Å²) < 4.78 is 0. The molecule has 0 aliphatic heterocycles. The smallest absolute Gasteiger partial charge is 0.325 e. The van der Waals surface area contributed by atoms with Crippen LogP contribution in [0.4, 0.5) is 5.00 Å². The van der Waals surface area contributed by atoms with Gasteiger partial charge in [0.2, 0.25) is 0 Å². The van der Waals surface area contributed by atoms with Crippen LogP contribution in [0.1, 0.15) is 18.1 Å². The molecule has 13 heavy (non-hydrogen) atoms. The second kappa shape index (κ2) is 3.79. The van der Waals surface area contributed by atoms with E-state index in [4.69, 9.17) is 5.11 Å². The second-order valence-corrected chi connectivity index (χ2v) is 3.96. The monoisotopic (exact) mass is 199 g/mol. The van der Waals surface area contributed by atoms with Crippen LogP contribution in [0.15, 0.2) is 5.38 Å². The van der Waals surface area contributed by atoms with Gasteiger partial charge in [-0.05, 0) is 37.3 Å². The Hall–Kier alpha value is -1.03. The molecule has 0 amide bonds. The van der Waals surface area contributed by atoms with E-state index in [1.165, 1.54) is 5.56 Å². The van der Waals surface area contributed by atoms with Crippen LogP contribution in [-0.4, -0.2) is 17.1 Å². The highest BCUT2D eigenvalue weighted by Gasteiger charge is 2.12. The summed E-state index contributed by atoms with van der Waals surface area (Å²) in [5.74, 6) is -0.828. The number of aryl methyl sites for hydroxylation is 1. The van der Waals surface area contributed by atoms with Crippen molar-refractivity contribution in [3.05, 3.63) is 16.5 Å². The number of nitrogens with one attached hydrogen (secondary N) is 1. The highest BCUT2D eigenvalue weighted by atomic mass is 32.1. The lowest BCUT2D eigenvalue weighted by Crippen LogP contribution is -2.25. The third-order valence-electron chi connectivity index (χ3n) is 2.00. The van der Waals surface area contributed by atoms with Gasteiger partial charge in [-0.1, -0.05) is 0 Å². The van der Waals surface area contributed by atoms with Crippen molar-refractivity contribution in [2.45, 2.75) is 26.8 Å². The van der Waals surface area contributed by atoms with Crippen molar-refractivity contribution in [2.24, 2.45) is 0 Å². The summed E-state index contributed by atoms with van der Waals surface area (Å²) in [6.45, 7) is 5.64. The first kappa shape index (κ1) is 10.1. The number of hydrogen-bond acceptors (Lipinski definition) is 3. The van der Waals surface area contributed by atoms with Gasteiger partial charge in [0.25, 0.3) is 0 Å². The minimum Gasteiger partial charge on any atom is -0.480 e. The third-order valence-corrected chi connectivity index (χ3v) is 3.13. The molecule has 0 aliphatic carbocycles. The Morgan fingerprint density at radius 3 is 2.62 bits per heavy atom. The lowest BCUT2D eigenvalue weighted by atomic mass is 10.2. The maximum atomic E-state index is 10.6. The maximum absolute atomic E-state index is 10.6. The van der Waals surface area contributed by atoms with Gasteiger partial charge in [0.1, 0.15) is 6.04 Å². The first-order valence-electron chi connectivity index (χ1n) is 4.06. The lowest BCUT2D eigenvalue weighted by Gasteiger charge is -2.09. The Labute approximate surface area is 81.4 Å². The van der Waals surface area contributed by atoms with Crippen molar-refractivity contribution < 1.29 is 9.90 Å². The first-order chi connectivity index (χ1) is 6.02. The van der Waals surface area contributed by atoms with E-state index >= 15 is 0 Å². The van der Waals surface area contributed by atoms with Crippen LogP contribution in [0.25, 0.3) is 0 Å². The Morgan fingerprint density at radius 2 is 2.23 bits per heavy atom. The molecule has 0 saturated carbocycles. The van der Waals surface area contributed by atoms with E-state index in [2.05, 4.69) is 5.32 Å². The molecule has 1 aromatic heterocycles. The van der Waals surface area contributed by atoms with E-state index in [-0.39, 0.29) is 0 Å². The van der Waals surface area contributed by atoms with Crippen molar-refractivity contribution in [1.29, 1.82) is 0 Å². The summed E-state index contributed by atoms with van der Waals surface area (Å²) in [4.78, 5) is 10.6. The van der Waals surface area contributed by atoms with E-state index in [1.54, 1.807) is 18.3 Å². The summed E-state index contributed by atoms with van der Waals surface area (Å²) in [7, 11) is 0. The zero-order chi connectivity index (χ0) is 10.0. The maximum Gasteiger partial charge on any atom is 0.325 e. The summed E-state index contributed by atoms with van der Waals surface area (Å²) in [6.07, 6.45) is 0. The van der Waals surface area contributed by atoms with Gasteiger partial charge < -0.3 is 10.4 Å². The Bertz CT molecular complexity index is 319. The molecule has 1 aromatic rings. The summed E-state index contributed by atoms with van der Waals surface area (Å²) in [5, 5.41) is 14.6. The van der Waals surface area contributed by atoms with Crippen molar-refractivity contribution in [2.75, 3.05) is 5.32 Å². The molecule has 0 radical (unpaired) electrons. The molecule has 2 N–H and O–H groups in total. The molecule has 3 nitrogen and oxygen atoms in total. The molecule has 0 bridgehead atoms. The minimum atomic E-state index is -0.828. The molecule has 1 unspecified atom stereocenters. The van der Waals surface area contributed by atoms with Gasteiger partial charge in [0.15, 0.2) is 0 Å². The van der Waals surface area contributed by atoms with Crippen molar-refractivity contribution in [3.63, 3.8) is 0 Å². The third kappa shape index (κ3) is 2.21. The topological polar surface area (TPSA) is 49.3 Å². The molecule has 0 spiro atoms. The molecular formula is C9H13NO2S. The largest absolute Gasteiger partial charge is 0.480 e. The Kier molecular flexibility index (Phi) is 2.93. The zero-order valence-electron chi connectivity index (χ0n) is 7.92. The number of anilines is 1. The van der Waals surface area contributed by atoms with Gasteiger partial charge in [-0.2, -0.15) is 0 Å². The molecular weight excluding hydrogens is 186 g/mol. The van der Waals surface area contributed by atoms with Crippen LogP contribution in [0.2, 0.25) is 0 Å². The van der Waals surface area contributed by atoms with E-state index in [0.29, 0.717) is 0 Å². The van der Waals surface area contributed by atoms with Crippen LogP contribution in [-0.2, 0) is 4.79 Å². The highest BCUT2D eigenvalue weighted by Crippen LogP contribution is 2.26. The fraction of sp³-hybridized carbons (Fsp3) is 0.444. The number of hydrogen-bond donors (Lipinski definition) is 2. The zero-order valence-corrected chi connectivity index (χ0v) is 8.73. The van der Waals surface area contributed by atoms with Crippen LogP contribution < -0.4 is 5.32 Å². The molecule has 72 valence electrons. The standard InChI is InChI=1S/C9H13NO2S/c1-5-4-13-8(6(5)2)10-7(3)9(11)12/h4,7,10H,1-3H3,(H,11,12). The number of thiophene rings is 1. The van der Waals surface area contributed by atoms with E-state index in [9.17, 15) is 4.79 Å². The number of aliphatic carboxylic acids is 1. The fourth-order valence-corrected chi connectivity index (χ4v) is 1.96. The molecule has 1 rings (SSSR count). The summed E-state index contributed by atoms with van der Waals surface area (Å²) in [6, 6.07) is -0.531. The van der Waals surface area contributed by atoms with E-state index in [1.807, 2.05) is 19.2 Å². The van der Waals surface area contributed by atoms with Crippen molar-refractivity contribution in [3.8, 4) is 0 Å². The minimum absolute atomic E-state index is 0.531. The predicted molar refractivity (Wildman–Crippen MR) is 54.5 cm³/mol. The van der Waals surface area contributed by atoms with Crippen molar-refractivity contribution >= 4 is 22.3 Å². The number of rotatable bonds is 3. The van der Waals surface area contributed by atoms with Gasteiger partial charge in [0, 0.05) is 0 Å². The average molecular weight is 199 g/mol. The first-order valence-corrected chi connectivity index (χ1v) is 4.94. The fourth-order valence-electron chi connectivity index (χ4n) is 0.904. The van der Waals surface area contributed by atoms with Gasteiger partial charge in [0.05, 0.1) is 5.00 Å². The predicted octanol–water partition coefficient (Wildman–Crippen LogP) is 2.25. The molecule has 0 aromatic carbocycles. The normalized spacial score (nSPS) is 12.5. The molecule has 0 aliphatic rings. The molecule has 0 saturated heterocycles. The van der Waals surface area contributed by atoms with Gasteiger partial charge >= 0.3 is 5.97 Å². The van der Waals surface area contributed by atoms with E-state index in [0.717, 1.165) is 10.6 Å². The van der Waals surface area contributed by atoms with Gasteiger partial charge in [-0.15, -0.1) is 11.3 Å². The van der Waals surface area contributed by atoms with Crippen LogP contribution >= 0.6 is 11.3 Å². The molecule has 1 heterocycles. The summed E-state index contributed by atoms with van der Waals surface area (Å²) >= 11 is 1.55. The Morgan fingerprint density at radius 1 is 1.62 bits per heavy atom. The lowest BCUT2D eigenvalue weighted by molar-refractivity contribution is -0.137. The molecule has 0 fully saturated rings. The number of carboxylic acids is 1.